The molecule has 7 heteroatoms. The highest BCUT2D eigenvalue weighted by molar-refractivity contribution is 7.98. The van der Waals surface area contributed by atoms with E-state index >= 15 is 0 Å². The van der Waals surface area contributed by atoms with E-state index in [1.165, 1.54) is 0 Å². The smallest absolute Gasteiger partial charge is 0.226 e. The standard InChI is InChI=1S/C14H20N4OS2/c1-3-4-11-7-13(18-17-11)16-14(19)5-6-20-8-12-9-21-10(2)15-12/h7,9H,3-6,8H2,1-2H3,(H2,16,17,18,19). The summed E-state index contributed by atoms with van der Waals surface area (Å²) in [6.07, 6.45) is 2.50. The number of rotatable bonds is 8. The van der Waals surface area contributed by atoms with Gasteiger partial charge < -0.3 is 5.32 Å². The second kappa shape index (κ2) is 8.19. The Bertz CT molecular complexity index is 579. The largest absolute Gasteiger partial charge is 0.309 e. The third-order valence-electron chi connectivity index (χ3n) is 2.81. The minimum Gasteiger partial charge on any atom is -0.309 e. The first-order valence-electron chi connectivity index (χ1n) is 7.00. The van der Waals surface area contributed by atoms with Crippen molar-refractivity contribution >= 4 is 34.8 Å². The van der Waals surface area contributed by atoms with E-state index in [4.69, 9.17) is 0 Å². The molecule has 0 aliphatic heterocycles. The molecule has 2 aromatic heterocycles. The number of aryl methyl sites for hydroxylation is 2. The lowest BCUT2D eigenvalue weighted by molar-refractivity contribution is -0.115. The Labute approximate surface area is 132 Å². The number of H-pyrrole nitrogens is 1. The number of anilines is 1. The van der Waals surface area contributed by atoms with E-state index in [1.807, 2.05) is 13.0 Å². The molecule has 2 heterocycles. The number of carbonyl (C=O) groups is 1. The third-order valence-corrected chi connectivity index (χ3v) is 4.62. The van der Waals surface area contributed by atoms with Crippen LogP contribution in [0, 0.1) is 6.92 Å². The molecule has 1 amide bonds. The van der Waals surface area contributed by atoms with Crippen molar-refractivity contribution < 1.29 is 4.79 Å². The molecule has 0 spiro atoms. The number of hydrogen-bond acceptors (Lipinski definition) is 5. The van der Waals surface area contributed by atoms with Crippen molar-refractivity contribution in [3.8, 4) is 0 Å². The molecule has 0 aliphatic carbocycles. The number of thiazole rings is 1. The maximum absolute atomic E-state index is 11.8. The lowest BCUT2D eigenvalue weighted by Crippen LogP contribution is -2.12. The van der Waals surface area contributed by atoms with Crippen molar-refractivity contribution in [3.05, 3.63) is 27.8 Å². The zero-order chi connectivity index (χ0) is 15.1. The fourth-order valence-corrected chi connectivity index (χ4v) is 3.39. The van der Waals surface area contributed by atoms with Crippen LogP contribution in [0.4, 0.5) is 5.82 Å². The molecule has 0 saturated carbocycles. The summed E-state index contributed by atoms with van der Waals surface area (Å²) in [7, 11) is 0. The van der Waals surface area contributed by atoms with E-state index in [-0.39, 0.29) is 5.91 Å². The van der Waals surface area contributed by atoms with Gasteiger partial charge in [0, 0.05) is 35.1 Å². The van der Waals surface area contributed by atoms with Gasteiger partial charge in [0.1, 0.15) is 0 Å². The summed E-state index contributed by atoms with van der Waals surface area (Å²) in [6, 6.07) is 1.90. The van der Waals surface area contributed by atoms with Gasteiger partial charge in [-0.15, -0.1) is 11.3 Å². The quantitative estimate of drug-likeness (QED) is 0.730. The van der Waals surface area contributed by atoms with Gasteiger partial charge in [-0.2, -0.15) is 16.9 Å². The zero-order valence-electron chi connectivity index (χ0n) is 12.3. The molecule has 0 aliphatic rings. The van der Waals surface area contributed by atoms with E-state index in [1.54, 1.807) is 23.1 Å². The van der Waals surface area contributed by atoms with Crippen molar-refractivity contribution in [3.63, 3.8) is 0 Å². The molecule has 0 saturated heterocycles. The van der Waals surface area contributed by atoms with Gasteiger partial charge in [0.25, 0.3) is 0 Å². The molecule has 0 bridgehead atoms. The molecule has 0 aromatic carbocycles. The average molecular weight is 324 g/mol. The summed E-state index contributed by atoms with van der Waals surface area (Å²) in [5.74, 6) is 2.27. The lowest BCUT2D eigenvalue weighted by atomic mass is 10.2. The number of aromatic amines is 1. The van der Waals surface area contributed by atoms with E-state index in [2.05, 4.69) is 32.8 Å². The number of nitrogens with one attached hydrogen (secondary N) is 2. The van der Waals surface area contributed by atoms with Gasteiger partial charge in [-0.1, -0.05) is 13.3 Å². The second-order valence-corrected chi connectivity index (χ2v) is 6.90. The number of carbonyl (C=O) groups excluding carboxylic acids is 1. The summed E-state index contributed by atoms with van der Waals surface area (Å²) in [6.45, 7) is 4.11. The highest BCUT2D eigenvalue weighted by atomic mass is 32.2. The van der Waals surface area contributed by atoms with Crippen LogP contribution in [0.5, 0.6) is 0 Å². The van der Waals surface area contributed by atoms with E-state index in [9.17, 15) is 4.79 Å². The SMILES string of the molecule is CCCc1cc(NC(=O)CCSCc2csc(C)n2)n[nH]1. The van der Waals surface area contributed by atoms with Crippen LogP contribution in [0.1, 0.15) is 36.2 Å². The van der Waals surface area contributed by atoms with Gasteiger partial charge >= 0.3 is 0 Å². The molecule has 114 valence electrons. The van der Waals surface area contributed by atoms with Gasteiger partial charge in [-0.05, 0) is 13.3 Å². The van der Waals surface area contributed by atoms with Crippen molar-refractivity contribution in [2.24, 2.45) is 0 Å². The van der Waals surface area contributed by atoms with Crippen LogP contribution in [-0.4, -0.2) is 26.8 Å². The first-order chi connectivity index (χ1) is 10.2. The number of thioether (sulfide) groups is 1. The van der Waals surface area contributed by atoms with Crippen LogP contribution in [0.15, 0.2) is 11.4 Å². The van der Waals surface area contributed by atoms with Crippen molar-refractivity contribution in [2.75, 3.05) is 11.1 Å². The predicted molar refractivity (Wildman–Crippen MR) is 88.8 cm³/mol. The minimum absolute atomic E-state index is 0.00602. The Balaban J connectivity index is 1.64. The Kier molecular flexibility index (Phi) is 6.25. The minimum atomic E-state index is 0.00602. The Morgan fingerprint density at radius 1 is 1.52 bits per heavy atom. The van der Waals surface area contributed by atoms with Crippen LogP contribution in [0.25, 0.3) is 0 Å². The number of nitrogens with zero attached hydrogens (tertiary/aromatic N) is 2. The van der Waals surface area contributed by atoms with Crippen molar-refractivity contribution in [1.29, 1.82) is 0 Å². The van der Waals surface area contributed by atoms with Crippen LogP contribution >= 0.6 is 23.1 Å². The molecule has 0 atom stereocenters. The molecule has 2 aromatic rings. The number of hydrogen-bond donors (Lipinski definition) is 2. The molecule has 0 unspecified atom stereocenters. The van der Waals surface area contributed by atoms with E-state index < -0.39 is 0 Å². The fraction of sp³-hybridized carbons (Fsp3) is 0.500. The Hall–Kier alpha value is -1.34. The number of aromatic nitrogens is 3. The summed E-state index contributed by atoms with van der Waals surface area (Å²) >= 11 is 3.39. The van der Waals surface area contributed by atoms with Crippen LogP contribution in [0.3, 0.4) is 0 Å². The van der Waals surface area contributed by atoms with Crippen LogP contribution in [-0.2, 0) is 17.0 Å². The third kappa shape index (κ3) is 5.51. The highest BCUT2D eigenvalue weighted by Gasteiger charge is 2.06. The van der Waals surface area contributed by atoms with Crippen molar-refractivity contribution in [2.45, 2.75) is 38.9 Å². The molecule has 0 radical (unpaired) electrons. The van der Waals surface area contributed by atoms with Crippen LogP contribution < -0.4 is 5.32 Å². The van der Waals surface area contributed by atoms with Gasteiger partial charge in [-0.3, -0.25) is 9.89 Å². The Morgan fingerprint density at radius 3 is 3.10 bits per heavy atom. The summed E-state index contributed by atoms with van der Waals surface area (Å²) in [5.41, 5.74) is 2.15. The van der Waals surface area contributed by atoms with Gasteiger partial charge in [-0.25, -0.2) is 4.98 Å². The summed E-state index contributed by atoms with van der Waals surface area (Å²) in [5, 5.41) is 13.0. The number of amides is 1. The maximum atomic E-state index is 11.8. The first kappa shape index (κ1) is 16.0. The van der Waals surface area contributed by atoms with E-state index in [0.717, 1.165) is 40.7 Å². The predicted octanol–water partition coefficient (Wildman–Crippen LogP) is 3.39. The molecule has 0 fully saturated rings. The molecular weight excluding hydrogens is 304 g/mol. The normalized spacial score (nSPS) is 10.8. The highest BCUT2D eigenvalue weighted by Crippen LogP contribution is 2.16. The van der Waals surface area contributed by atoms with Gasteiger partial charge in [0.05, 0.1) is 10.7 Å². The average Bonchev–Trinajstić information content (AvgIpc) is 3.05. The van der Waals surface area contributed by atoms with Gasteiger partial charge in [0.2, 0.25) is 5.91 Å². The molecular formula is C14H20N4OS2. The fourth-order valence-electron chi connectivity index (χ4n) is 1.84. The molecule has 2 N–H and O–H groups in total. The molecule has 21 heavy (non-hydrogen) atoms. The monoisotopic (exact) mass is 324 g/mol. The second-order valence-electron chi connectivity index (χ2n) is 4.74. The topological polar surface area (TPSA) is 70.7 Å². The summed E-state index contributed by atoms with van der Waals surface area (Å²) < 4.78 is 0. The lowest BCUT2D eigenvalue weighted by Gasteiger charge is -2.01. The Morgan fingerprint density at radius 2 is 2.38 bits per heavy atom. The maximum Gasteiger partial charge on any atom is 0.226 e. The molecule has 5 nitrogen and oxygen atoms in total. The summed E-state index contributed by atoms with van der Waals surface area (Å²) in [4.78, 5) is 16.2. The van der Waals surface area contributed by atoms with Crippen LogP contribution in [0.2, 0.25) is 0 Å². The van der Waals surface area contributed by atoms with Gasteiger partial charge in [0.15, 0.2) is 5.82 Å². The first-order valence-corrected chi connectivity index (χ1v) is 9.03. The van der Waals surface area contributed by atoms with Crippen molar-refractivity contribution in [1.82, 2.24) is 15.2 Å². The van der Waals surface area contributed by atoms with E-state index in [0.29, 0.717) is 12.2 Å². The zero-order valence-corrected chi connectivity index (χ0v) is 13.9. The molecule has 2 rings (SSSR count).